The summed E-state index contributed by atoms with van der Waals surface area (Å²) in [5, 5.41) is 2.84. The Balaban J connectivity index is 2.18. The summed E-state index contributed by atoms with van der Waals surface area (Å²) in [4.78, 5) is 20.0. The van der Waals surface area contributed by atoms with Crippen LogP contribution in [0.1, 0.15) is 31.2 Å². The van der Waals surface area contributed by atoms with E-state index in [0.717, 1.165) is 31.2 Å². The molecule has 72 valence electrons. The second-order valence-electron chi connectivity index (χ2n) is 4.03. The van der Waals surface area contributed by atoms with Crippen LogP contribution in [0.25, 0.3) is 0 Å². The predicted octanol–water partition coefficient (Wildman–Crippen LogP) is 1.24. The second-order valence-corrected chi connectivity index (χ2v) is 4.03. The van der Waals surface area contributed by atoms with Crippen molar-refractivity contribution in [1.82, 2.24) is 9.97 Å². The first kappa shape index (κ1) is 7.91. The molecule has 4 nitrogen and oxygen atoms in total. The molecule has 4 heteroatoms. The molecule has 0 aromatic carbocycles. The lowest BCUT2D eigenvalue weighted by atomic mass is 9.81. The van der Waals surface area contributed by atoms with E-state index in [2.05, 4.69) is 15.3 Å². The highest BCUT2D eigenvalue weighted by atomic mass is 16.2. The number of fused-ring (bicyclic) bond motifs is 2. The summed E-state index contributed by atoms with van der Waals surface area (Å²) in [5.41, 5.74) is 0.707. The first-order valence-electron chi connectivity index (χ1n) is 4.95. The van der Waals surface area contributed by atoms with Crippen molar-refractivity contribution in [3.8, 4) is 0 Å². The Labute approximate surface area is 81.8 Å². The number of carbonyl (C=O) groups excluding carboxylic acids is 1. The number of carbonyl (C=O) groups is 1. The fourth-order valence-corrected chi connectivity index (χ4v) is 2.60. The summed E-state index contributed by atoms with van der Waals surface area (Å²) < 4.78 is 0. The fourth-order valence-electron chi connectivity index (χ4n) is 2.60. The van der Waals surface area contributed by atoms with Crippen LogP contribution in [0.4, 0.5) is 5.82 Å². The molecule has 2 heterocycles. The molecule has 1 fully saturated rings. The zero-order chi connectivity index (χ0) is 9.60. The van der Waals surface area contributed by atoms with Gasteiger partial charge in [-0.05, 0) is 12.8 Å². The molecule has 0 radical (unpaired) electrons. The minimum absolute atomic E-state index is 0.116. The zero-order valence-electron chi connectivity index (χ0n) is 7.79. The minimum Gasteiger partial charge on any atom is -0.310 e. The van der Waals surface area contributed by atoms with E-state index in [0.29, 0.717) is 5.82 Å². The van der Waals surface area contributed by atoms with Crippen LogP contribution in [0, 0.1) is 0 Å². The number of nitrogens with one attached hydrogen (secondary N) is 1. The van der Waals surface area contributed by atoms with Crippen LogP contribution >= 0.6 is 0 Å². The van der Waals surface area contributed by atoms with E-state index in [1.54, 1.807) is 6.20 Å². The van der Waals surface area contributed by atoms with Gasteiger partial charge in [-0.3, -0.25) is 4.79 Å². The third-order valence-electron chi connectivity index (χ3n) is 3.35. The smallest absolute Gasteiger partial charge is 0.236 e. The van der Waals surface area contributed by atoms with E-state index >= 15 is 0 Å². The Morgan fingerprint density at radius 2 is 2.14 bits per heavy atom. The Bertz CT molecular complexity index is 396. The van der Waals surface area contributed by atoms with Crippen molar-refractivity contribution in [2.24, 2.45) is 0 Å². The molecular formula is C10H11N3O. The van der Waals surface area contributed by atoms with Crippen LogP contribution in [0.5, 0.6) is 0 Å². The van der Waals surface area contributed by atoms with E-state index in [1.807, 2.05) is 0 Å². The van der Waals surface area contributed by atoms with E-state index < -0.39 is 0 Å². The quantitative estimate of drug-likeness (QED) is 0.668. The summed E-state index contributed by atoms with van der Waals surface area (Å²) in [6.45, 7) is 0. The van der Waals surface area contributed by atoms with Crippen LogP contribution in [0.3, 0.4) is 0 Å². The molecule has 1 amide bonds. The lowest BCUT2D eigenvalue weighted by Gasteiger charge is -2.19. The first-order chi connectivity index (χ1) is 6.83. The summed E-state index contributed by atoms with van der Waals surface area (Å²) in [7, 11) is 0. The van der Waals surface area contributed by atoms with Crippen molar-refractivity contribution in [3.05, 3.63) is 18.1 Å². The monoisotopic (exact) mass is 189 g/mol. The Morgan fingerprint density at radius 3 is 2.93 bits per heavy atom. The Hall–Kier alpha value is -1.45. The van der Waals surface area contributed by atoms with E-state index in [-0.39, 0.29) is 11.3 Å². The van der Waals surface area contributed by atoms with Crippen molar-refractivity contribution in [2.75, 3.05) is 5.32 Å². The van der Waals surface area contributed by atoms with Crippen LogP contribution < -0.4 is 5.32 Å². The Morgan fingerprint density at radius 1 is 1.36 bits per heavy atom. The van der Waals surface area contributed by atoms with Gasteiger partial charge in [0.25, 0.3) is 0 Å². The molecule has 1 aromatic heterocycles. The van der Waals surface area contributed by atoms with Gasteiger partial charge in [-0.25, -0.2) is 9.97 Å². The average Bonchev–Trinajstić information content (AvgIpc) is 2.77. The summed E-state index contributed by atoms with van der Waals surface area (Å²) in [6, 6.07) is 0. The van der Waals surface area contributed by atoms with Gasteiger partial charge >= 0.3 is 0 Å². The first-order valence-corrected chi connectivity index (χ1v) is 4.95. The number of nitrogens with zero attached hydrogens (tertiary/aromatic N) is 2. The van der Waals surface area contributed by atoms with Gasteiger partial charge in [0.15, 0.2) is 0 Å². The van der Waals surface area contributed by atoms with Gasteiger partial charge in [0, 0.05) is 11.8 Å². The molecule has 0 unspecified atom stereocenters. The molecule has 1 spiro atoms. The zero-order valence-corrected chi connectivity index (χ0v) is 7.79. The maximum Gasteiger partial charge on any atom is 0.236 e. The molecule has 2 aliphatic rings. The van der Waals surface area contributed by atoms with Crippen LogP contribution in [0.15, 0.2) is 12.5 Å². The minimum atomic E-state index is -0.295. The van der Waals surface area contributed by atoms with Crippen LogP contribution in [0.2, 0.25) is 0 Å². The van der Waals surface area contributed by atoms with Gasteiger partial charge in [0.2, 0.25) is 5.91 Å². The second kappa shape index (κ2) is 2.53. The highest BCUT2D eigenvalue weighted by Gasteiger charge is 2.49. The average molecular weight is 189 g/mol. The molecule has 0 bridgehead atoms. The molecule has 3 rings (SSSR count). The van der Waals surface area contributed by atoms with Crippen molar-refractivity contribution in [2.45, 2.75) is 31.1 Å². The van der Waals surface area contributed by atoms with Crippen molar-refractivity contribution in [1.29, 1.82) is 0 Å². The number of anilines is 1. The van der Waals surface area contributed by atoms with Gasteiger partial charge in [-0.2, -0.15) is 0 Å². The van der Waals surface area contributed by atoms with Crippen LogP contribution in [-0.4, -0.2) is 15.9 Å². The fraction of sp³-hybridized carbons (Fsp3) is 0.500. The third kappa shape index (κ3) is 0.806. The molecular weight excluding hydrogens is 178 g/mol. The molecule has 1 aliphatic carbocycles. The van der Waals surface area contributed by atoms with E-state index in [9.17, 15) is 4.79 Å². The van der Waals surface area contributed by atoms with Gasteiger partial charge < -0.3 is 5.32 Å². The number of hydrogen-bond acceptors (Lipinski definition) is 3. The third-order valence-corrected chi connectivity index (χ3v) is 3.35. The highest BCUT2D eigenvalue weighted by molar-refractivity contribution is 6.05. The maximum atomic E-state index is 11.9. The van der Waals surface area contributed by atoms with E-state index in [4.69, 9.17) is 0 Å². The maximum absolute atomic E-state index is 11.9. The van der Waals surface area contributed by atoms with Gasteiger partial charge in [0.1, 0.15) is 12.1 Å². The summed E-state index contributed by atoms with van der Waals surface area (Å²) >= 11 is 0. The number of rotatable bonds is 0. The van der Waals surface area contributed by atoms with Gasteiger partial charge in [0.05, 0.1) is 5.41 Å². The SMILES string of the molecule is O=C1Nc2ncncc2C12CCCC2. The van der Waals surface area contributed by atoms with Crippen molar-refractivity contribution < 1.29 is 4.79 Å². The van der Waals surface area contributed by atoms with Crippen molar-refractivity contribution >= 4 is 11.7 Å². The summed E-state index contributed by atoms with van der Waals surface area (Å²) in [6.07, 6.45) is 7.40. The lowest BCUT2D eigenvalue weighted by molar-refractivity contribution is -0.120. The molecule has 1 aromatic rings. The lowest BCUT2D eigenvalue weighted by Crippen LogP contribution is -2.30. The molecule has 1 aliphatic heterocycles. The van der Waals surface area contributed by atoms with E-state index in [1.165, 1.54) is 6.33 Å². The number of amides is 1. The number of aromatic nitrogens is 2. The largest absolute Gasteiger partial charge is 0.310 e. The molecule has 14 heavy (non-hydrogen) atoms. The molecule has 0 saturated heterocycles. The number of hydrogen-bond donors (Lipinski definition) is 1. The molecule has 1 N–H and O–H groups in total. The standard InChI is InChI=1S/C10H11N3O/c14-9-10(3-1-2-4-10)7-5-11-6-12-8(7)13-9/h5-6H,1-4H2,(H,11,12,13,14). The molecule has 1 saturated carbocycles. The van der Waals surface area contributed by atoms with Gasteiger partial charge in [-0.1, -0.05) is 12.8 Å². The van der Waals surface area contributed by atoms with Crippen molar-refractivity contribution in [3.63, 3.8) is 0 Å². The molecule has 0 atom stereocenters. The van der Waals surface area contributed by atoms with Gasteiger partial charge in [-0.15, -0.1) is 0 Å². The van der Waals surface area contributed by atoms with Crippen LogP contribution in [-0.2, 0) is 10.2 Å². The topological polar surface area (TPSA) is 54.9 Å². The summed E-state index contributed by atoms with van der Waals surface area (Å²) in [5.74, 6) is 0.831. The Kier molecular flexibility index (Phi) is 1.43. The normalized spacial score (nSPS) is 22.4. The highest BCUT2D eigenvalue weighted by Crippen LogP contribution is 2.47. The predicted molar refractivity (Wildman–Crippen MR) is 50.8 cm³/mol.